The number of carbonyl (C=O) groups is 1. The lowest BCUT2D eigenvalue weighted by molar-refractivity contribution is -0.121. The molecule has 0 radical (unpaired) electrons. The van der Waals surface area contributed by atoms with Gasteiger partial charge in [-0.1, -0.05) is 71.1 Å². The second-order valence-corrected chi connectivity index (χ2v) is 6.13. The number of unbranched alkanes of at least 4 members (excludes halogenated alkanes) is 11. The van der Waals surface area contributed by atoms with Crippen molar-refractivity contribution in [3.63, 3.8) is 0 Å². The molecule has 0 bridgehead atoms. The van der Waals surface area contributed by atoms with E-state index in [-0.39, 0.29) is 5.91 Å². The molecule has 0 rings (SSSR count). The quantitative estimate of drug-likeness (QED) is 0.411. The lowest BCUT2D eigenvalue weighted by atomic mass is 10.1. The van der Waals surface area contributed by atoms with Crippen LogP contribution in [0.25, 0.3) is 0 Å². The molecule has 126 valence electrons. The van der Waals surface area contributed by atoms with Crippen LogP contribution in [0.2, 0.25) is 0 Å². The summed E-state index contributed by atoms with van der Waals surface area (Å²) in [7, 11) is 0. The molecular weight excluding hydrogens is 260 g/mol. The first-order valence-corrected chi connectivity index (χ1v) is 9.28. The number of amides is 1. The monoisotopic (exact) mass is 298 g/mol. The first-order chi connectivity index (χ1) is 10.3. The van der Waals surface area contributed by atoms with E-state index >= 15 is 0 Å². The van der Waals surface area contributed by atoms with Crippen LogP contribution in [-0.4, -0.2) is 19.0 Å². The van der Waals surface area contributed by atoms with E-state index < -0.39 is 0 Å². The molecule has 0 heterocycles. The van der Waals surface area contributed by atoms with Crippen LogP contribution in [0.3, 0.4) is 0 Å². The van der Waals surface area contributed by atoms with E-state index in [2.05, 4.69) is 12.2 Å². The van der Waals surface area contributed by atoms with Crippen molar-refractivity contribution in [3.05, 3.63) is 0 Å². The molecule has 0 saturated carbocycles. The molecule has 0 saturated heterocycles. The lowest BCUT2D eigenvalue weighted by Crippen LogP contribution is -2.24. The Morgan fingerprint density at radius 3 is 1.86 bits per heavy atom. The highest BCUT2D eigenvalue weighted by Crippen LogP contribution is 2.10. The minimum Gasteiger partial charge on any atom is -0.356 e. The van der Waals surface area contributed by atoms with Gasteiger partial charge in [0.25, 0.3) is 0 Å². The first-order valence-electron chi connectivity index (χ1n) is 9.28. The average Bonchev–Trinajstić information content (AvgIpc) is 2.49. The fourth-order valence-corrected chi connectivity index (χ4v) is 2.54. The Labute approximate surface area is 132 Å². The van der Waals surface area contributed by atoms with Gasteiger partial charge in [-0.2, -0.15) is 0 Å². The van der Waals surface area contributed by atoms with Crippen molar-refractivity contribution in [3.8, 4) is 0 Å². The molecule has 0 aromatic carbocycles. The third-order valence-corrected chi connectivity index (χ3v) is 3.96. The van der Waals surface area contributed by atoms with Crippen LogP contribution in [0.1, 0.15) is 96.8 Å². The van der Waals surface area contributed by atoms with E-state index in [1.165, 1.54) is 57.8 Å². The first kappa shape index (κ1) is 20.4. The fraction of sp³-hybridized carbons (Fsp3) is 0.944. The summed E-state index contributed by atoms with van der Waals surface area (Å²) in [6.07, 6.45) is 17.1. The van der Waals surface area contributed by atoms with E-state index in [1.807, 2.05) is 0 Å². The van der Waals surface area contributed by atoms with Crippen LogP contribution < -0.4 is 11.1 Å². The largest absolute Gasteiger partial charge is 0.356 e. The van der Waals surface area contributed by atoms with Crippen molar-refractivity contribution in [1.29, 1.82) is 0 Å². The van der Waals surface area contributed by atoms with Crippen molar-refractivity contribution < 1.29 is 4.79 Å². The summed E-state index contributed by atoms with van der Waals surface area (Å²) in [5.41, 5.74) is 5.42. The van der Waals surface area contributed by atoms with Crippen molar-refractivity contribution in [1.82, 2.24) is 5.32 Å². The Hall–Kier alpha value is -0.570. The molecular formula is C18H38N2O. The highest BCUT2D eigenvalue weighted by molar-refractivity contribution is 5.75. The van der Waals surface area contributed by atoms with E-state index in [0.29, 0.717) is 6.42 Å². The van der Waals surface area contributed by atoms with Crippen LogP contribution in [-0.2, 0) is 4.79 Å². The number of nitrogens with one attached hydrogen (secondary N) is 1. The maximum Gasteiger partial charge on any atom is 0.219 e. The molecule has 3 N–H and O–H groups in total. The summed E-state index contributed by atoms with van der Waals surface area (Å²) in [6.45, 7) is 3.85. The topological polar surface area (TPSA) is 55.1 Å². The normalized spacial score (nSPS) is 10.8. The van der Waals surface area contributed by atoms with Crippen LogP contribution in [0, 0.1) is 0 Å². The molecule has 1 amide bonds. The van der Waals surface area contributed by atoms with Gasteiger partial charge in [-0.25, -0.2) is 0 Å². The van der Waals surface area contributed by atoms with Crippen LogP contribution in [0.15, 0.2) is 0 Å². The summed E-state index contributed by atoms with van der Waals surface area (Å²) in [5.74, 6) is 0.211. The number of hydrogen-bond donors (Lipinski definition) is 2. The summed E-state index contributed by atoms with van der Waals surface area (Å²) >= 11 is 0. The van der Waals surface area contributed by atoms with Gasteiger partial charge in [-0.05, 0) is 25.8 Å². The summed E-state index contributed by atoms with van der Waals surface area (Å²) in [5, 5.41) is 3.01. The number of rotatable bonds is 16. The Morgan fingerprint density at radius 1 is 0.762 bits per heavy atom. The second-order valence-electron chi connectivity index (χ2n) is 6.13. The third kappa shape index (κ3) is 17.4. The van der Waals surface area contributed by atoms with Gasteiger partial charge < -0.3 is 11.1 Å². The van der Waals surface area contributed by atoms with Gasteiger partial charge in [0.15, 0.2) is 0 Å². The Kier molecular flexibility index (Phi) is 17.0. The molecule has 3 heteroatoms. The predicted molar refractivity (Wildman–Crippen MR) is 92.4 cm³/mol. The number of nitrogens with two attached hydrogens (primary N) is 1. The molecule has 0 aromatic heterocycles. The molecule has 0 spiro atoms. The highest BCUT2D eigenvalue weighted by atomic mass is 16.1. The standard InChI is InChI=1S/C18H38N2O/c1-2-3-4-5-6-7-8-9-10-14-17-20-18(21)15-12-11-13-16-19/h2-17,19H2,1H3,(H,20,21). The van der Waals surface area contributed by atoms with Crippen LogP contribution in [0.5, 0.6) is 0 Å². The third-order valence-electron chi connectivity index (χ3n) is 3.96. The predicted octanol–water partition coefficient (Wildman–Crippen LogP) is 4.54. The van der Waals surface area contributed by atoms with Gasteiger partial charge in [-0.15, -0.1) is 0 Å². The summed E-state index contributed by atoms with van der Waals surface area (Å²) in [6, 6.07) is 0. The number of hydrogen-bond acceptors (Lipinski definition) is 2. The highest BCUT2D eigenvalue weighted by Gasteiger charge is 1.99. The molecule has 0 unspecified atom stereocenters. The van der Waals surface area contributed by atoms with Gasteiger partial charge in [-0.3, -0.25) is 4.79 Å². The minimum atomic E-state index is 0.211. The lowest BCUT2D eigenvalue weighted by Gasteiger charge is -2.05. The Morgan fingerprint density at radius 2 is 1.29 bits per heavy atom. The van der Waals surface area contributed by atoms with E-state index in [4.69, 9.17) is 5.73 Å². The van der Waals surface area contributed by atoms with Gasteiger partial charge in [0.2, 0.25) is 5.91 Å². The SMILES string of the molecule is CCCCCCCCCCCCNC(=O)CCCCCN. The molecule has 0 aliphatic heterocycles. The molecule has 0 aliphatic rings. The molecule has 21 heavy (non-hydrogen) atoms. The zero-order valence-corrected chi connectivity index (χ0v) is 14.3. The average molecular weight is 299 g/mol. The molecule has 0 atom stereocenters. The fourth-order valence-electron chi connectivity index (χ4n) is 2.54. The molecule has 0 aliphatic carbocycles. The number of carbonyl (C=O) groups excluding carboxylic acids is 1. The summed E-state index contributed by atoms with van der Waals surface area (Å²) in [4.78, 5) is 11.5. The van der Waals surface area contributed by atoms with E-state index in [1.54, 1.807) is 0 Å². The van der Waals surface area contributed by atoms with Crippen LogP contribution in [0.4, 0.5) is 0 Å². The van der Waals surface area contributed by atoms with Gasteiger partial charge in [0, 0.05) is 13.0 Å². The van der Waals surface area contributed by atoms with Crippen molar-refractivity contribution in [2.75, 3.05) is 13.1 Å². The molecule has 3 nitrogen and oxygen atoms in total. The molecule has 0 fully saturated rings. The summed E-state index contributed by atoms with van der Waals surface area (Å²) < 4.78 is 0. The van der Waals surface area contributed by atoms with Gasteiger partial charge in [0.05, 0.1) is 0 Å². The van der Waals surface area contributed by atoms with Gasteiger partial charge >= 0.3 is 0 Å². The Balaban J connectivity index is 3.09. The molecule has 0 aromatic rings. The van der Waals surface area contributed by atoms with Crippen molar-refractivity contribution in [2.45, 2.75) is 96.8 Å². The van der Waals surface area contributed by atoms with Crippen molar-refractivity contribution in [2.24, 2.45) is 5.73 Å². The van der Waals surface area contributed by atoms with Crippen LogP contribution >= 0.6 is 0 Å². The van der Waals surface area contributed by atoms with Crippen molar-refractivity contribution >= 4 is 5.91 Å². The second kappa shape index (κ2) is 17.5. The maximum absolute atomic E-state index is 11.5. The van der Waals surface area contributed by atoms with E-state index in [9.17, 15) is 4.79 Å². The van der Waals surface area contributed by atoms with E-state index in [0.717, 1.165) is 38.8 Å². The maximum atomic E-state index is 11.5. The minimum absolute atomic E-state index is 0.211. The zero-order chi connectivity index (χ0) is 15.6. The zero-order valence-electron chi connectivity index (χ0n) is 14.3. The van der Waals surface area contributed by atoms with Gasteiger partial charge in [0.1, 0.15) is 0 Å². The Bertz CT molecular complexity index is 219. The smallest absolute Gasteiger partial charge is 0.219 e.